The van der Waals surface area contributed by atoms with Crippen molar-refractivity contribution in [2.24, 2.45) is 0 Å². The van der Waals surface area contributed by atoms with E-state index in [2.05, 4.69) is 28.1 Å². The molecule has 1 aromatic carbocycles. The van der Waals surface area contributed by atoms with Crippen LogP contribution in [0.15, 0.2) is 18.2 Å². The number of benzene rings is 1. The summed E-state index contributed by atoms with van der Waals surface area (Å²) < 4.78 is 5.58. The van der Waals surface area contributed by atoms with Gasteiger partial charge in [0.05, 0.1) is 17.3 Å². The number of rotatable bonds is 3. The molecule has 1 fully saturated rings. The fourth-order valence-electron chi connectivity index (χ4n) is 3.58. The van der Waals surface area contributed by atoms with Gasteiger partial charge in [-0.25, -0.2) is 4.98 Å². The Hall–Kier alpha value is -1.92. The van der Waals surface area contributed by atoms with E-state index in [1.54, 1.807) is 0 Å². The smallest absolute Gasteiger partial charge is 0.265 e. The molecule has 2 aromatic rings. The maximum atomic E-state index is 12.7. The minimum Gasteiger partial charge on any atom is -0.493 e. The third-order valence-corrected chi connectivity index (χ3v) is 5.98. The molecule has 0 spiro atoms. The highest BCUT2D eigenvalue weighted by molar-refractivity contribution is 7.13. The van der Waals surface area contributed by atoms with E-state index in [-0.39, 0.29) is 5.91 Å². The Kier molecular flexibility index (Phi) is 4.48. The Labute approximate surface area is 152 Å². The summed E-state index contributed by atoms with van der Waals surface area (Å²) in [5.74, 6) is 1.17. The van der Waals surface area contributed by atoms with Gasteiger partial charge < -0.3 is 9.64 Å². The van der Waals surface area contributed by atoms with Crippen molar-refractivity contribution in [3.63, 3.8) is 0 Å². The highest BCUT2D eigenvalue weighted by Gasteiger charge is 2.25. The van der Waals surface area contributed by atoms with Crippen LogP contribution in [0.25, 0.3) is 0 Å². The lowest BCUT2D eigenvalue weighted by Gasteiger charge is -2.34. The van der Waals surface area contributed by atoms with Crippen LogP contribution < -0.4 is 4.74 Å². The molecule has 2 aliphatic rings. The van der Waals surface area contributed by atoms with Gasteiger partial charge >= 0.3 is 0 Å². The molecule has 0 bridgehead atoms. The molecular weight excluding hydrogens is 334 g/mol. The lowest BCUT2D eigenvalue weighted by Crippen LogP contribution is -2.48. The fourth-order valence-corrected chi connectivity index (χ4v) is 4.47. The number of aryl methyl sites for hydroxylation is 2. The first kappa shape index (κ1) is 16.5. The van der Waals surface area contributed by atoms with Crippen LogP contribution in [0.4, 0.5) is 0 Å². The second kappa shape index (κ2) is 6.77. The molecule has 6 heteroatoms. The largest absolute Gasteiger partial charge is 0.493 e. The van der Waals surface area contributed by atoms with Gasteiger partial charge in [-0.1, -0.05) is 12.1 Å². The minimum atomic E-state index is 0.137. The predicted molar refractivity (Wildman–Crippen MR) is 98.4 cm³/mol. The Morgan fingerprint density at radius 2 is 2.04 bits per heavy atom. The lowest BCUT2D eigenvalue weighted by atomic mass is 10.1. The molecule has 0 aliphatic carbocycles. The van der Waals surface area contributed by atoms with Crippen molar-refractivity contribution >= 4 is 17.2 Å². The first-order chi connectivity index (χ1) is 12.1. The lowest BCUT2D eigenvalue weighted by molar-refractivity contribution is 0.0632. The zero-order valence-electron chi connectivity index (χ0n) is 14.7. The van der Waals surface area contributed by atoms with E-state index in [1.807, 2.05) is 18.7 Å². The molecule has 25 heavy (non-hydrogen) atoms. The van der Waals surface area contributed by atoms with Crippen LogP contribution in [0.3, 0.4) is 0 Å². The first-order valence-corrected chi connectivity index (χ1v) is 9.62. The maximum absolute atomic E-state index is 12.7. The van der Waals surface area contributed by atoms with Crippen molar-refractivity contribution in [1.29, 1.82) is 0 Å². The summed E-state index contributed by atoms with van der Waals surface area (Å²) in [5, 5.41) is 0.958. The quantitative estimate of drug-likeness (QED) is 0.847. The number of ether oxygens (including phenoxy) is 1. The highest BCUT2D eigenvalue weighted by Crippen LogP contribution is 2.26. The number of nitrogens with zero attached hydrogens (tertiary/aromatic N) is 3. The number of thiazole rings is 1. The molecule has 0 N–H and O–H groups in total. The monoisotopic (exact) mass is 357 g/mol. The first-order valence-electron chi connectivity index (χ1n) is 8.80. The molecule has 0 saturated carbocycles. The van der Waals surface area contributed by atoms with Crippen molar-refractivity contribution in [3.05, 3.63) is 44.9 Å². The van der Waals surface area contributed by atoms with E-state index >= 15 is 0 Å². The van der Waals surface area contributed by atoms with E-state index in [4.69, 9.17) is 4.74 Å². The normalized spacial score (nSPS) is 17.4. The molecule has 4 rings (SSSR count). The van der Waals surface area contributed by atoms with E-state index in [0.717, 1.165) is 67.1 Å². The number of carbonyl (C=O) groups is 1. The average molecular weight is 357 g/mol. The molecule has 1 aromatic heterocycles. The topological polar surface area (TPSA) is 45.7 Å². The molecule has 132 valence electrons. The Morgan fingerprint density at radius 1 is 1.24 bits per heavy atom. The predicted octanol–water partition coefficient (Wildman–Crippen LogP) is 2.65. The van der Waals surface area contributed by atoms with E-state index in [9.17, 15) is 4.79 Å². The second-order valence-electron chi connectivity index (χ2n) is 6.76. The van der Waals surface area contributed by atoms with E-state index in [1.165, 1.54) is 22.5 Å². The number of hydrogen-bond acceptors (Lipinski definition) is 5. The molecule has 3 heterocycles. The summed E-state index contributed by atoms with van der Waals surface area (Å²) in [5.41, 5.74) is 3.51. The van der Waals surface area contributed by atoms with Gasteiger partial charge in [-0.3, -0.25) is 9.69 Å². The molecule has 0 atom stereocenters. The van der Waals surface area contributed by atoms with Crippen LogP contribution in [-0.4, -0.2) is 53.5 Å². The van der Waals surface area contributed by atoms with Gasteiger partial charge in [-0.05, 0) is 31.0 Å². The molecular formula is C19H23N3O2S. The molecule has 1 amide bonds. The van der Waals surface area contributed by atoms with Crippen LogP contribution in [0.2, 0.25) is 0 Å². The summed E-state index contributed by atoms with van der Waals surface area (Å²) in [7, 11) is 0. The number of hydrogen-bond donors (Lipinski definition) is 0. The van der Waals surface area contributed by atoms with Crippen LogP contribution >= 0.6 is 11.3 Å². The van der Waals surface area contributed by atoms with Crippen LogP contribution in [0.5, 0.6) is 5.75 Å². The van der Waals surface area contributed by atoms with Crippen molar-refractivity contribution in [3.8, 4) is 5.75 Å². The SMILES string of the molecule is Cc1nc(C)c(C(=O)N2CCN(Cc3ccc4c(c3)CCO4)CC2)s1. The molecule has 2 aliphatic heterocycles. The van der Waals surface area contributed by atoms with E-state index < -0.39 is 0 Å². The van der Waals surface area contributed by atoms with Gasteiger partial charge in [0.2, 0.25) is 0 Å². The van der Waals surface area contributed by atoms with Gasteiger partial charge in [-0.2, -0.15) is 0 Å². The van der Waals surface area contributed by atoms with Crippen LogP contribution in [0, 0.1) is 13.8 Å². The number of piperazine rings is 1. The number of aromatic nitrogens is 1. The van der Waals surface area contributed by atoms with Gasteiger partial charge in [-0.15, -0.1) is 11.3 Å². The minimum absolute atomic E-state index is 0.137. The third-order valence-electron chi connectivity index (χ3n) is 4.92. The fraction of sp³-hybridized carbons (Fsp3) is 0.474. The zero-order chi connectivity index (χ0) is 17.4. The number of amides is 1. The average Bonchev–Trinajstić information content (AvgIpc) is 3.20. The van der Waals surface area contributed by atoms with Crippen LogP contribution in [-0.2, 0) is 13.0 Å². The van der Waals surface area contributed by atoms with Crippen molar-refractivity contribution < 1.29 is 9.53 Å². The van der Waals surface area contributed by atoms with Crippen molar-refractivity contribution in [2.75, 3.05) is 32.8 Å². The Bertz CT molecular complexity index is 794. The molecule has 0 unspecified atom stereocenters. The Morgan fingerprint density at radius 3 is 2.76 bits per heavy atom. The summed E-state index contributed by atoms with van der Waals surface area (Å²) >= 11 is 1.50. The maximum Gasteiger partial charge on any atom is 0.265 e. The number of fused-ring (bicyclic) bond motifs is 1. The van der Waals surface area contributed by atoms with Gasteiger partial charge in [0, 0.05) is 39.1 Å². The summed E-state index contributed by atoms with van der Waals surface area (Å²) in [6.45, 7) is 9.00. The summed E-state index contributed by atoms with van der Waals surface area (Å²) in [4.78, 5) is 22.3. The highest BCUT2D eigenvalue weighted by atomic mass is 32.1. The zero-order valence-corrected chi connectivity index (χ0v) is 15.6. The molecule has 0 radical (unpaired) electrons. The van der Waals surface area contributed by atoms with E-state index in [0.29, 0.717) is 0 Å². The van der Waals surface area contributed by atoms with Crippen molar-refractivity contribution in [1.82, 2.24) is 14.8 Å². The van der Waals surface area contributed by atoms with Crippen LogP contribution in [0.1, 0.15) is 31.5 Å². The van der Waals surface area contributed by atoms with Gasteiger partial charge in [0.1, 0.15) is 10.6 Å². The standard InChI is InChI=1S/C19H23N3O2S/c1-13-18(25-14(2)20-13)19(23)22-8-6-21(7-9-22)12-15-3-4-17-16(11-15)5-10-24-17/h3-4,11H,5-10,12H2,1-2H3. The summed E-state index contributed by atoms with van der Waals surface area (Å²) in [6.07, 6.45) is 1.01. The van der Waals surface area contributed by atoms with Crippen molar-refractivity contribution in [2.45, 2.75) is 26.8 Å². The Balaban J connectivity index is 1.35. The van der Waals surface area contributed by atoms with Gasteiger partial charge in [0.25, 0.3) is 5.91 Å². The summed E-state index contributed by atoms with van der Waals surface area (Å²) in [6, 6.07) is 6.51. The van der Waals surface area contributed by atoms with Gasteiger partial charge in [0.15, 0.2) is 0 Å². The molecule has 1 saturated heterocycles. The second-order valence-corrected chi connectivity index (χ2v) is 7.96. The molecule has 5 nitrogen and oxygen atoms in total. The third kappa shape index (κ3) is 3.41. The number of carbonyl (C=O) groups excluding carboxylic acids is 1.